The van der Waals surface area contributed by atoms with E-state index in [1.54, 1.807) is 4.90 Å². The van der Waals surface area contributed by atoms with Crippen LogP contribution in [0, 0.1) is 5.92 Å². The van der Waals surface area contributed by atoms with E-state index < -0.39 is 6.09 Å². The fourth-order valence-corrected chi connectivity index (χ4v) is 2.36. The number of esters is 1. The number of amides is 2. The molecular formula is C13H19N5O5. The maximum atomic E-state index is 12.2. The topological polar surface area (TPSA) is 116 Å². The molecule has 1 saturated heterocycles. The fraction of sp³-hybridized carbons (Fsp3) is 0.615. The number of hydrogen-bond acceptors (Lipinski definition) is 7. The minimum atomic E-state index is -0.659. The number of anilines is 1. The van der Waals surface area contributed by atoms with Crippen molar-refractivity contribution in [3.8, 4) is 0 Å². The molecule has 0 aliphatic carbocycles. The standard InChI is InChI=1S/C13H19N5O5/c1-22-12(20)9-3-5-17(6-4-9)11(19)8-18-7-10(15-16-18)14-13(21)23-2/h7,9H,3-6,8H2,1-2H3,(H,14,21). The zero-order valence-corrected chi connectivity index (χ0v) is 13.0. The van der Waals surface area contributed by atoms with Crippen LogP contribution in [0.4, 0.5) is 10.6 Å². The number of carbonyl (C=O) groups excluding carboxylic acids is 3. The molecule has 0 atom stereocenters. The molecule has 1 aliphatic heterocycles. The summed E-state index contributed by atoms with van der Waals surface area (Å²) in [5, 5.41) is 9.84. The third-order valence-corrected chi connectivity index (χ3v) is 3.63. The molecule has 10 nitrogen and oxygen atoms in total. The van der Waals surface area contributed by atoms with Gasteiger partial charge in [-0.3, -0.25) is 14.9 Å². The lowest BCUT2D eigenvalue weighted by molar-refractivity contribution is -0.149. The molecule has 1 aromatic heterocycles. The van der Waals surface area contributed by atoms with Gasteiger partial charge >= 0.3 is 12.1 Å². The Morgan fingerprint density at radius 3 is 2.57 bits per heavy atom. The molecule has 1 aromatic rings. The van der Waals surface area contributed by atoms with Crippen LogP contribution in [0.15, 0.2) is 6.20 Å². The maximum Gasteiger partial charge on any atom is 0.412 e. The van der Waals surface area contributed by atoms with Crippen LogP contribution in [0.2, 0.25) is 0 Å². The van der Waals surface area contributed by atoms with Gasteiger partial charge in [0.2, 0.25) is 5.91 Å². The van der Waals surface area contributed by atoms with Gasteiger partial charge in [0.15, 0.2) is 5.82 Å². The Balaban J connectivity index is 1.83. The fourth-order valence-electron chi connectivity index (χ4n) is 2.36. The minimum Gasteiger partial charge on any atom is -0.469 e. The van der Waals surface area contributed by atoms with Crippen molar-refractivity contribution in [2.24, 2.45) is 5.92 Å². The van der Waals surface area contributed by atoms with E-state index >= 15 is 0 Å². The van der Waals surface area contributed by atoms with Gasteiger partial charge in [-0.15, -0.1) is 5.10 Å². The number of nitrogens with zero attached hydrogens (tertiary/aromatic N) is 4. The highest BCUT2D eigenvalue weighted by Crippen LogP contribution is 2.18. The summed E-state index contributed by atoms with van der Waals surface area (Å²) in [6.07, 6.45) is 1.96. The molecule has 2 heterocycles. The number of carbonyl (C=O) groups is 3. The maximum absolute atomic E-state index is 12.2. The molecule has 10 heteroatoms. The molecule has 2 rings (SSSR count). The third kappa shape index (κ3) is 4.41. The monoisotopic (exact) mass is 325 g/mol. The first-order valence-corrected chi connectivity index (χ1v) is 7.14. The Morgan fingerprint density at radius 1 is 1.26 bits per heavy atom. The van der Waals surface area contributed by atoms with Crippen LogP contribution in [-0.4, -0.2) is 65.2 Å². The molecule has 0 spiro atoms. The van der Waals surface area contributed by atoms with Gasteiger partial charge in [0.1, 0.15) is 6.54 Å². The van der Waals surface area contributed by atoms with E-state index in [-0.39, 0.29) is 30.2 Å². The number of rotatable bonds is 4. The number of piperidine rings is 1. The number of methoxy groups -OCH3 is 2. The minimum absolute atomic E-state index is 0.0126. The Morgan fingerprint density at radius 2 is 1.96 bits per heavy atom. The Hall–Kier alpha value is -2.65. The van der Waals surface area contributed by atoms with E-state index in [0.29, 0.717) is 25.9 Å². The molecule has 2 amide bonds. The van der Waals surface area contributed by atoms with Gasteiger partial charge in [-0.1, -0.05) is 5.21 Å². The van der Waals surface area contributed by atoms with Crippen molar-refractivity contribution in [1.82, 2.24) is 19.9 Å². The average Bonchev–Trinajstić information content (AvgIpc) is 3.00. The number of hydrogen-bond donors (Lipinski definition) is 1. The van der Waals surface area contributed by atoms with Crippen molar-refractivity contribution in [2.45, 2.75) is 19.4 Å². The number of aromatic nitrogens is 3. The van der Waals surface area contributed by atoms with Crippen molar-refractivity contribution >= 4 is 23.8 Å². The summed E-state index contributed by atoms with van der Waals surface area (Å²) in [6, 6.07) is 0. The molecule has 0 unspecified atom stereocenters. The van der Waals surface area contributed by atoms with E-state index in [0.717, 1.165) is 0 Å². The molecule has 23 heavy (non-hydrogen) atoms. The number of likely N-dealkylation sites (tertiary alicyclic amines) is 1. The van der Waals surface area contributed by atoms with E-state index in [1.807, 2.05) is 0 Å². The molecule has 0 radical (unpaired) electrons. The Kier molecular flexibility index (Phi) is 5.50. The number of ether oxygens (including phenoxy) is 2. The number of nitrogens with one attached hydrogen (secondary N) is 1. The summed E-state index contributed by atoms with van der Waals surface area (Å²) < 4.78 is 10.5. The van der Waals surface area contributed by atoms with Crippen LogP contribution in [0.1, 0.15) is 12.8 Å². The lowest BCUT2D eigenvalue weighted by atomic mass is 9.97. The van der Waals surface area contributed by atoms with Gasteiger partial charge in [0.05, 0.1) is 26.3 Å². The van der Waals surface area contributed by atoms with Gasteiger partial charge < -0.3 is 14.4 Å². The van der Waals surface area contributed by atoms with Crippen LogP contribution in [0.5, 0.6) is 0 Å². The predicted octanol–water partition coefficient (Wildman–Crippen LogP) is -0.132. The normalized spacial score (nSPS) is 15.1. The highest BCUT2D eigenvalue weighted by Gasteiger charge is 2.28. The molecule has 0 aromatic carbocycles. The van der Waals surface area contributed by atoms with Crippen molar-refractivity contribution in [1.29, 1.82) is 0 Å². The van der Waals surface area contributed by atoms with Gasteiger partial charge in [-0.2, -0.15) is 0 Å². The van der Waals surface area contributed by atoms with Crippen LogP contribution in [0.25, 0.3) is 0 Å². The Labute approximate surface area is 132 Å². The van der Waals surface area contributed by atoms with Crippen LogP contribution >= 0.6 is 0 Å². The van der Waals surface area contributed by atoms with E-state index in [9.17, 15) is 14.4 Å². The summed E-state index contributed by atoms with van der Waals surface area (Å²) in [4.78, 5) is 36.4. The van der Waals surface area contributed by atoms with E-state index in [4.69, 9.17) is 4.74 Å². The quantitative estimate of drug-likeness (QED) is 0.766. The van der Waals surface area contributed by atoms with Gasteiger partial charge in [0, 0.05) is 13.1 Å². The third-order valence-electron chi connectivity index (χ3n) is 3.63. The van der Waals surface area contributed by atoms with Crippen LogP contribution < -0.4 is 5.32 Å². The van der Waals surface area contributed by atoms with Crippen molar-refractivity contribution in [3.05, 3.63) is 6.20 Å². The highest BCUT2D eigenvalue weighted by molar-refractivity contribution is 5.83. The van der Waals surface area contributed by atoms with Crippen molar-refractivity contribution < 1.29 is 23.9 Å². The van der Waals surface area contributed by atoms with Crippen LogP contribution in [0.3, 0.4) is 0 Å². The highest BCUT2D eigenvalue weighted by atomic mass is 16.5. The van der Waals surface area contributed by atoms with Crippen molar-refractivity contribution in [3.63, 3.8) is 0 Å². The predicted molar refractivity (Wildman–Crippen MR) is 77.4 cm³/mol. The second-order valence-electron chi connectivity index (χ2n) is 5.10. The molecular weight excluding hydrogens is 306 g/mol. The first kappa shape index (κ1) is 16.7. The first-order valence-electron chi connectivity index (χ1n) is 7.14. The zero-order chi connectivity index (χ0) is 16.8. The smallest absolute Gasteiger partial charge is 0.412 e. The summed E-state index contributed by atoms with van der Waals surface area (Å²) in [5.41, 5.74) is 0. The summed E-state index contributed by atoms with van der Waals surface area (Å²) >= 11 is 0. The zero-order valence-electron chi connectivity index (χ0n) is 13.0. The average molecular weight is 325 g/mol. The summed E-state index contributed by atoms with van der Waals surface area (Å²) in [7, 11) is 2.60. The molecule has 0 saturated carbocycles. The van der Waals surface area contributed by atoms with Gasteiger partial charge in [-0.05, 0) is 12.8 Å². The molecule has 1 aliphatic rings. The lowest BCUT2D eigenvalue weighted by Crippen LogP contribution is -2.42. The van der Waals surface area contributed by atoms with Crippen LogP contribution in [-0.2, 0) is 25.6 Å². The summed E-state index contributed by atoms with van der Waals surface area (Å²) in [5.74, 6) is -0.296. The van der Waals surface area contributed by atoms with Crippen molar-refractivity contribution in [2.75, 3.05) is 32.6 Å². The SMILES string of the molecule is COC(=O)Nc1cn(CC(=O)N2CCC(C(=O)OC)CC2)nn1. The van der Waals surface area contributed by atoms with Gasteiger partial charge in [-0.25, -0.2) is 9.48 Å². The first-order chi connectivity index (χ1) is 11.0. The second-order valence-corrected chi connectivity index (χ2v) is 5.10. The molecule has 126 valence electrons. The second kappa shape index (κ2) is 7.56. The molecule has 1 N–H and O–H groups in total. The summed E-state index contributed by atoms with van der Waals surface area (Å²) in [6.45, 7) is 1.01. The molecule has 1 fully saturated rings. The van der Waals surface area contributed by atoms with E-state index in [2.05, 4.69) is 20.4 Å². The van der Waals surface area contributed by atoms with Gasteiger partial charge in [0.25, 0.3) is 0 Å². The lowest BCUT2D eigenvalue weighted by Gasteiger charge is -2.30. The van der Waals surface area contributed by atoms with E-state index in [1.165, 1.54) is 25.1 Å². The largest absolute Gasteiger partial charge is 0.469 e. The molecule has 0 bridgehead atoms. The Bertz CT molecular complexity index is 579.